The van der Waals surface area contributed by atoms with Crippen molar-refractivity contribution >= 4 is 28.5 Å². The first-order valence-electron chi connectivity index (χ1n) is 4.82. The molecule has 0 N–H and O–H groups in total. The van der Waals surface area contributed by atoms with Gasteiger partial charge in [0.2, 0.25) is 0 Å². The van der Waals surface area contributed by atoms with Gasteiger partial charge in [-0.15, -0.1) is 6.89 Å². The highest BCUT2D eigenvalue weighted by Crippen LogP contribution is 2.47. The first-order valence-corrected chi connectivity index (χ1v) is 14.5. The molecule has 0 saturated heterocycles. The predicted octanol–water partition coefficient (Wildman–Crippen LogP) is 3.11. The smallest absolute Gasteiger partial charge is 0.0693 e. The van der Waals surface area contributed by atoms with Crippen LogP contribution in [0, 0.1) is 0 Å². The van der Waals surface area contributed by atoms with Gasteiger partial charge in [0.1, 0.15) is 0 Å². The second kappa shape index (κ2) is 2.86. The molecule has 0 aliphatic carbocycles. The summed E-state index contributed by atoms with van der Waals surface area (Å²) in [5.41, 5.74) is 4.45. The summed E-state index contributed by atoms with van der Waals surface area (Å²) in [6.07, 6.45) is 0. The van der Waals surface area contributed by atoms with Crippen molar-refractivity contribution in [3.63, 3.8) is 0 Å². The van der Waals surface area contributed by atoms with Gasteiger partial charge in [0.25, 0.3) is 0 Å². The van der Waals surface area contributed by atoms with Gasteiger partial charge in [0, 0.05) is 8.07 Å². The largest absolute Gasteiger partial charge is 0.121 e. The molecule has 1 aliphatic heterocycles. The van der Waals surface area contributed by atoms with E-state index < -0.39 is 23.0 Å². The van der Waals surface area contributed by atoms with Gasteiger partial charge in [0.15, 0.2) is 0 Å². The van der Waals surface area contributed by atoms with Crippen molar-refractivity contribution in [3.8, 4) is 0 Å². The third kappa shape index (κ3) is 2.90. The monoisotopic (exact) mass is 218 g/mol. The van der Waals surface area contributed by atoms with Crippen LogP contribution in [0.4, 0.5) is 0 Å². The SMILES string of the molecule is C[Si]1(C)C=P(C)(C)C[Si](C)(C)C1. The number of hydrogen-bond acceptors (Lipinski definition) is 0. The molecule has 0 fully saturated rings. The maximum absolute atomic E-state index is 2.82. The molecule has 1 rings (SSSR count). The van der Waals surface area contributed by atoms with Crippen LogP contribution in [0.1, 0.15) is 0 Å². The fraction of sp³-hybridized carbons (Fsp3) is 0.889. The third-order valence-corrected chi connectivity index (χ3v) is 22.2. The molecule has 12 heavy (non-hydrogen) atoms. The zero-order chi connectivity index (χ0) is 9.62. The molecular formula is C9H23PSi2. The van der Waals surface area contributed by atoms with Crippen molar-refractivity contribution in [3.05, 3.63) is 0 Å². The van der Waals surface area contributed by atoms with Gasteiger partial charge in [-0.2, -0.15) is 0 Å². The third-order valence-electron chi connectivity index (χ3n) is 2.47. The molecule has 0 aromatic heterocycles. The van der Waals surface area contributed by atoms with E-state index in [1.54, 1.807) is 11.5 Å². The Morgan fingerprint density at radius 2 is 1.58 bits per heavy atom. The summed E-state index contributed by atoms with van der Waals surface area (Å²) in [6, 6.07) is 0. The molecular weight excluding hydrogens is 195 g/mol. The molecule has 0 spiro atoms. The second-order valence-corrected chi connectivity index (χ2v) is 22.0. The summed E-state index contributed by atoms with van der Waals surface area (Å²) in [4.78, 5) is 0. The van der Waals surface area contributed by atoms with Gasteiger partial charge in [-0.1, -0.05) is 37.3 Å². The lowest BCUT2D eigenvalue weighted by Crippen LogP contribution is -2.47. The van der Waals surface area contributed by atoms with Crippen molar-refractivity contribution in [1.29, 1.82) is 0 Å². The lowest BCUT2D eigenvalue weighted by atomic mass is 11.7. The first kappa shape index (κ1) is 10.8. The molecule has 72 valence electrons. The van der Waals surface area contributed by atoms with Gasteiger partial charge in [-0.25, -0.2) is 0 Å². The Kier molecular flexibility index (Phi) is 2.58. The maximum atomic E-state index is 2.82. The van der Waals surface area contributed by atoms with Crippen LogP contribution in [-0.2, 0) is 0 Å². The van der Waals surface area contributed by atoms with Crippen LogP contribution in [-0.4, -0.2) is 40.7 Å². The van der Waals surface area contributed by atoms with E-state index in [1.807, 2.05) is 0 Å². The van der Waals surface area contributed by atoms with Crippen LogP contribution in [0.15, 0.2) is 0 Å². The Balaban J connectivity index is 3.03. The molecule has 0 atom stereocenters. The first-order chi connectivity index (χ1) is 5.12. The van der Waals surface area contributed by atoms with Crippen LogP contribution >= 0.6 is 6.89 Å². The van der Waals surface area contributed by atoms with E-state index in [1.165, 1.54) is 0 Å². The minimum absolute atomic E-state index is 0.581. The van der Waals surface area contributed by atoms with Crippen LogP contribution in [0.5, 0.6) is 0 Å². The van der Waals surface area contributed by atoms with E-state index in [4.69, 9.17) is 0 Å². The standard InChI is InChI=1S/C9H23PSi2/c1-10(2)7-11(3,4)9-12(5,6)8-10/h7H,8-9H2,1-6H3. The molecule has 1 aliphatic rings. The Hall–Kier alpha value is 0.734. The van der Waals surface area contributed by atoms with E-state index >= 15 is 0 Å². The van der Waals surface area contributed by atoms with Crippen LogP contribution < -0.4 is 0 Å². The molecule has 0 radical (unpaired) electrons. The summed E-state index contributed by atoms with van der Waals surface area (Å²) in [7, 11) is -1.66. The summed E-state index contributed by atoms with van der Waals surface area (Å²) < 4.78 is 0. The highest BCUT2D eigenvalue weighted by molar-refractivity contribution is 7.80. The molecule has 0 unspecified atom stereocenters. The normalized spacial score (nSPS) is 30.8. The quantitative estimate of drug-likeness (QED) is 0.433. The van der Waals surface area contributed by atoms with Gasteiger partial charge >= 0.3 is 0 Å². The average molecular weight is 218 g/mol. The van der Waals surface area contributed by atoms with Crippen molar-refractivity contribution in [2.24, 2.45) is 0 Å². The fourth-order valence-corrected chi connectivity index (χ4v) is 33.5. The minimum Gasteiger partial charge on any atom is -0.121 e. The fourth-order valence-electron chi connectivity index (χ4n) is 3.43. The molecule has 0 aromatic carbocycles. The van der Waals surface area contributed by atoms with E-state index in [0.29, 0.717) is 0 Å². The highest BCUT2D eigenvalue weighted by Gasteiger charge is 2.37. The minimum atomic E-state index is -0.875. The zero-order valence-corrected chi connectivity index (χ0v) is 12.3. The lowest BCUT2D eigenvalue weighted by Gasteiger charge is -2.41. The topological polar surface area (TPSA) is 0 Å². The Morgan fingerprint density at radius 3 is 1.92 bits per heavy atom. The summed E-state index contributed by atoms with van der Waals surface area (Å²) in [6.45, 7) is 14.8. The van der Waals surface area contributed by atoms with E-state index in [2.05, 4.69) is 44.9 Å². The predicted molar refractivity (Wildman–Crippen MR) is 69.5 cm³/mol. The molecule has 0 saturated carbocycles. The molecule has 0 bridgehead atoms. The number of rotatable bonds is 0. The second-order valence-electron chi connectivity index (χ2n) is 6.40. The Labute approximate surface area is 79.8 Å². The molecule has 0 amide bonds. The maximum Gasteiger partial charge on any atom is 0.0693 e. The van der Waals surface area contributed by atoms with Gasteiger partial charge in [-0.05, 0) is 19.1 Å². The van der Waals surface area contributed by atoms with Crippen LogP contribution in [0.2, 0.25) is 31.9 Å². The van der Waals surface area contributed by atoms with Crippen molar-refractivity contribution in [2.45, 2.75) is 31.9 Å². The van der Waals surface area contributed by atoms with Gasteiger partial charge in [-0.3, -0.25) is 0 Å². The molecule has 0 nitrogen and oxygen atoms in total. The molecule has 0 aromatic rings. The van der Waals surface area contributed by atoms with Crippen LogP contribution in [0.25, 0.3) is 0 Å². The van der Waals surface area contributed by atoms with E-state index in [0.717, 1.165) is 0 Å². The van der Waals surface area contributed by atoms with Gasteiger partial charge < -0.3 is 0 Å². The summed E-state index contributed by atoms with van der Waals surface area (Å²) in [5.74, 6) is 1.61. The van der Waals surface area contributed by atoms with Crippen molar-refractivity contribution in [2.75, 3.05) is 19.1 Å². The lowest BCUT2D eigenvalue weighted by molar-refractivity contribution is 1.53. The summed E-state index contributed by atoms with van der Waals surface area (Å²) >= 11 is 0. The Morgan fingerprint density at radius 1 is 1.08 bits per heavy atom. The average Bonchev–Trinajstić information content (AvgIpc) is 1.44. The highest BCUT2D eigenvalue weighted by atomic mass is 31.2. The number of hydrogen-bond donors (Lipinski definition) is 0. The van der Waals surface area contributed by atoms with Crippen molar-refractivity contribution in [1.82, 2.24) is 0 Å². The van der Waals surface area contributed by atoms with E-state index in [9.17, 15) is 0 Å². The molecule has 1 heterocycles. The molecule has 3 heteroatoms. The van der Waals surface area contributed by atoms with E-state index in [-0.39, 0.29) is 0 Å². The Bertz CT molecular complexity index is 235. The zero-order valence-electron chi connectivity index (χ0n) is 9.44. The van der Waals surface area contributed by atoms with Crippen molar-refractivity contribution < 1.29 is 0 Å². The van der Waals surface area contributed by atoms with Crippen LogP contribution in [0.3, 0.4) is 0 Å². The van der Waals surface area contributed by atoms with Gasteiger partial charge in [0.05, 0.1) is 8.07 Å². The summed E-state index contributed by atoms with van der Waals surface area (Å²) in [5, 5.41) is 0.